The van der Waals surface area contributed by atoms with Crippen LogP contribution in [-0.2, 0) is 0 Å². The number of Topliss-reactive ketones (excluding diaryl/α,β-unsaturated/α-hetero) is 2. The van der Waals surface area contributed by atoms with Crippen LogP contribution in [0.4, 0.5) is 22.0 Å². The van der Waals surface area contributed by atoms with Gasteiger partial charge in [-0.15, -0.1) is 0 Å². The molecule has 0 fully saturated rings. The molecule has 0 saturated heterocycles. The van der Waals surface area contributed by atoms with Crippen molar-refractivity contribution < 1.29 is 31.5 Å². The summed E-state index contributed by atoms with van der Waals surface area (Å²) < 4.78 is 67.2. The first-order valence-corrected chi connectivity index (χ1v) is 6.05. The molecule has 0 saturated carbocycles. The molecule has 0 radical (unpaired) electrons. The van der Waals surface area contributed by atoms with E-state index in [2.05, 4.69) is 0 Å². The fourth-order valence-electron chi connectivity index (χ4n) is 2.48. The lowest BCUT2D eigenvalue weighted by Gasteiger charge is -2.12. The second-order valence-electron chi connectivity index (χ2n) is 4.69. The summed E-state index contributed by atoms with van der Waals surface area (Å²) in [5.74, 6) is -15.1. The summed E-state index contributed by atoms with van der Waals surface area (Å²) in [6, 6.07) is 5.35. The molecule has 0 aliphatic heterocycles. The lowest BCUT2D eigenvalue weighted by Crippen LogP contribution is -2.19. The number of carbonyl (C=O) groups is 2. The molecule has 7 heteroatoms. The Kier molecular flexibility index (Phi) is 3.09. The van der Waals surface area contributed by atoms with Gasteiger partial charge in [0.2, 0.25) is 5.82 Å². The van der Waals surface area contributed by atoms with Crippen LogP contribution in [0.15, 0.2) is 24.3 Å². The molecule has 0 heterocycles. The Morgan fingerprint density at radius 2 is 1.00 bits per heavy atom. The Balaban J connectivity index is 2.27. The SMILES string of the molecule is O=C1c2ccccc2C(=O)C1c1c(F)c(F)c(F)c(F)c1F. The van der Waals surface area contributed by atoms with Crippen LogP contribution in [0, 0.1) is 29.1 Å². The highest BCUT2D eigenvalue weighted by molar-refractivity contribution is 6.29. The van der Waals surface area contributed by atoms with Crippen molar-refractivity contribution >= 4 is 11.6 Å². The molecule has 112 valence electrons. The molecule has 1 aliphatic rings. The largest absolute Gasteiger partial charge is 0.293 e. The van der Waals surface area contributed by atoms with Crippen molar-refractivity contribution in [1.82, 2.24) is 0 Å². The Hall–Kier alpha value is -2.57. The number of rotatable bonds is 1. The quantitative estimate of drug-likeness (QED) is 0.349. The third-order valence-corrected chi connectivity index (χ3v) is 3.51. The maximum Gasteiger partial charge on any atom is 0.200 e. The molecule has 2 nitrogen and oxygen atoms in total. The van der Waals surface area contributed by atoms with Crippen LogP contribution >= 0.6 is 0 Å². The highest BCUT2D eigenvalue weighted by atomic mass is 19.2. The van der Waals surface area contributed by atoms with Gasteiger partial charge in [0.15, 0.2) is 34.8 Å². The Morgan fingerprint density at radius 1 is 0.636 bits per heavy atom. The second-order valence-corrected chi connectivity index (χ2v) is 4.69. The van der Waals surface area contributed by atoms with E-state index in [0.29, 0.717) is 0 Å². The fourth-order valence-corrected chi connectivity index (χ4v) is 2.48. The molecular weight excluding hydrogens is 307 g/mol. The first-order valence-electron chi connectivity index (χ1n) is 6.05. The maximum absolute atomic E-state index is 13.8. The number of ketones is 2. The van der Waals surface area contributed by atoms with E-state index in [1.807, 2.05) is 0 Å². The van der Waals surface area contributed by atoms with Crippen molar-refractivity contribution in [3.05, 3.63) is 70.0 Å². The average Bonchev–Trinajstić information content (AvgIpc) is 2.77. The maximum atomic E-state index is 13.8. The van der Waals surface area contributed by atoms with Crippen LogP contribution in [0.5, 0.6) is 0 Å². The van der Waals surface area contributed by atoms with Crippen LogP contribution in [0.1, 0.15) is 32.2 Å². The van der Waals surface area contributed by atoms with Gasteiger partial charge in [0.25, 0.3) is 0 Å². The Morgan fingerprint density at radius 3 is 1.41 bits per heavy atom. The van der Waals surface area contributed by atoms with E-state index in [1.165, 1.54) is 24.3 Å². The molecule has 2 aromatic rings. The van der Waals surface area contributed by atoms with E-state index >= 15 is 0 Å². The summed E-state index contributed by atoms with van der Waals surface area (Å²) in [6.45, 7) is 0. The molecular formula is C15H5F5O2. The van der Waals surface area contributed by atoms with Gasteiger partial charge in [0, 0.05) is 16.7 Å². The first kappa shape index (κ1) is 14.4. The average molecular weight is 312 g/mol. The van der Waals surface area contributed by atoms with Gasteiger partial charge in [-0.1, -0.05) is 24.3 Å². The van der Waals surface area contributed by atoms with Crippen molar-refractivity contribution in [3.63, 3.8) is 0 Å². The third kappa shape index (κ3) is 1.71. The van der Waals surface area contributed by atoms with Gasteiger partial charge in [-0.3, -0.25) is 9.59 Å². The molecule has 0 amide bonds. The summed E-state index contributed by atoms with van der Waals surface area (Å²) in [4.78, 5) is 24.3. The molecule has 22 heavy (non-hydrogen) atoms. The van der Waals surface area contributed by atoms with Crippen molar-refractivity contribution in [2.24, 2.45) is 0 Å². The lowest BCUT2D eigenvalue weighted by atomic mass is 9.92. The summed E-state index contributed by atoms with van der Waals surface area (Å²) in [5.41, 5.74) is -1.63. The second kappa shape index (κ2) is 4.72. The predicted molar refractivity (Wildman–Crippen MR) is 64.1 cm³/mol. The zero-order chi connectivity index (χ0) is 16.2. The predicted octanol–water partition coefficient (Wildman–Crippen LogP) is 3.54. The van der Waals surface area contributed by atoms with Crippen molar-refractivity contribution in [3.8, 4) is 0 Å². The minimum Gasteiger partial charge on any atom is -0.293 e. The van der Waals surface area contributed by atoms with Gasteiger partial charge >= 0.3 is 0 Å². The highest BCUT2D eigenvalue weighted by Gasteiger charge is 2.44. The number of hydrogen-bond donors (Lipinski definition) is 0. The van der Waals surface area contributed by atoms with E-state index in [4.69, 9.17) is 0 Å². The summed E-state index contributed by atoms with van der Waals surface area (Å²) >= 11 is 0. The van der Waals surface area contributed by atoms with Gasteiger partial charge < -0.3 is 0 Å². The zero-order valence-corrected chi connectivity index (χ0v) is 10.6. The Bertz CT molecular complexity index is 780. The topological polar surface area (TPSA) is 34.1 Å². The number of halogens is 5. The van der Waals surface area contributed by atoms with Gasteiger partial charge in [-0.25, -0.2) is 22.0 Å². The van der Waals surface area contributed by atoms with Gasteiger partial charge in [-0.2, -0.15) is 0 Å². The molecule has 0 atom stereocenters. The number of carbonyl (C=O) groups excluding carboxylic acids is 2. The smallest absolute Gasteiger partial charge is 0.200 e. The lowest BCUT2D eigenvalue weighted by molar-refractivity contribution is 0.0884. The normalized spacial score (nSPS) is 14.6. The molecule has 3 rings (SSSR count). The first-order chi connectivity index (χ1) is 10.4. The van der Waals surface area contributed by atoms with E-state index in [9.17, 15) is 31.5 Å². The third-order valence-electron chi connectivity index (χ3n) is 3.51. The minimum atomic E-state index is -2.34. The van der Waals surface area contributed by atoms with E-state index in [-0.39, 0.29) is 11.1 Å². The number of fused-ring (bicyclic) bond motifs is 1. The van der Waals surface area contributed by atoms with Gasteiger partial charge in [0.05, 0.1) is 0 Å². The van der Waals surface area contributed by atoms with Crippen molar-refractivity contribution in [2.45, 2.75) is 5.92 Å². The van der Waals surface area contributed by atoms with Gasteiger partial charge in [0.1, 0.15) is 5.92 Å². The van der Waals surface area contributed by atoms with Crippen LogP contribution in [0.3, 0.4) is 0 Å². The molecule has 0 N–H and O–H groups in total. The van der Waals surface area contributed by atoms with Crippen LogP contribution in [0.2, 0.25) is 0 Å². The summed E-state index contributed by atoms with van der Waals surface area (Å²) in [7, 11) is 0. The highest BCUT2D eigenvalue weighted by Crippen LogP contribution is 2.38. The van der Waals surface area contributed by atoms with Crippen LogP contribution in [0.25, 0.3) is 0 Å². The monoisotopic (exact) mass is 312 g/mol. The van der Waals surface area contributed by atoms with Crippen molar-refractivity contribution in [1.29, 1.82) is 0 Å². The summed E-state index contributed by atoms with van der Waals surface area (Å²) in [6.07, 6.45) is 0. The minimum absolute atomic E-state index is 0.110. The van der Waals surface area contributed by atoms with Crippen LogP contribution < -0.4 is 0 Å². The standard InChI is InChI=1S/C15H5F5O2/c16-9-7(10(17)12(19)13(20)11(9)18)8-14(21)5-3-1-2-4-6(5)15(8)22/h1-4,8H. The number of benzene rings is 2. The van der Waals surface area contributed by atoms with Crippen LogP contribution in [-0.4, -0.2) is 11.6 Å². The zero-order valence-electron chi connectivity index (χ0n) is 10.6. The van der Waals surface area contributed by atoms with Crippen molar-refractivity contribution in [2.75, 3.05) is 0 Å². The van der Waals surface area contributed by atoms with Gasteiger partial charge in [-0.05, 0) is 0 Å². The van der Waals surface area contributed by atoms with E-state index in [1.54, 1.807) is 0 Å². The van der Waals surface area contributed by atoms with E-state index < -0.39 is 52.1 Å². The molecule has 1 aliphatic carbocycles. The molecule has 2 aromatic carbocycles. The Labute approximate surface area is 120 Å². The fraction of sp³-hybridized carbons (Fsp3) is 0.0667. The molecule has 0 aromatic heterocycles. The molecule has 0 bridgehead atoms. The molecule has 0 spiro atoms. The molecule has 0 unspecified atom stereocenters. The number of hydrogen-bond acceptors (Lipinski definition) is 2. The summed E-state index contributed by atoms with van der Waals surface area (Å²) in [5, 5.41) is 0. The van der Waals surface area contributed by atoms with E-state index in [0.717, 1.165) is 0 Å².